The summed E-state index contributed by atoms with van der Waals surface area (Å²) in [5.74, 6) is 0.276. The van der Waals surface area contributed by atoms with Crippen LogP contribution in [0.3, 0.4) is 0 Å². The number of aliphatic hydroxyl groups excluding tert-OH is 1. The van der Waals surface area contributed by atoms with Crippen LogP contribution in [-0.4, -0.2) is 23.7 Å². The summed E-state index contributed by atoms with van der Waals surface area (Å²) in [6, 6.07) is 8.45. The molecule has 3 rings (SSSR count). The van der Waals surface area contributed by atoms with Gasteiger partial charge in [0.25, 0.3) is 0 Å². The number of benzene rings is 1. The Balaban J connectivity index is 1.74. The second-order valence-corrected chi connectivity index (χ2v) is 6.63. The predicted molar refractivity (Wildman–Crippen MR) is 84.3 cm³/mol. The Morgan fingerprint density at radius 1 is 1.19 bits per heavy atom. The Hall–Kier alpha value is -1.35. The smallest absolute Gasteiger partial charge is 0.233 e. The highest BCUT2D eigenvalue weighted by atomic mass is 16.3. The minimum atomic E-state index is -0.203. The normalized spacial score (nSPS) is 29.3. The highest BCUT2D eigenvalue weighted by Gasteiger charge is 2.48. The van der Waals surface area contributed by atoms with Gasteiger partial charge in [0.2, 0.25) is 5.91 Å². The first kappa shape index (κ1) is 14.6. The molecule has 1 spiro atoms. The number of aryl methyl sites for hydroxylation is 1. The molecule has 2 fully saturated rings. The number of aliphatic hydroxyl groups is 1. The van der Waals surface area contributed by atoms with E-state index in [0.717, 1.165) is 57.2 Å². The molecular weight excluding hydrogens is 262 g/mol. The van der Waals surface area contributed by atoms with E-state index >= 15 is 0 Å². The molecule has 114 valence electrons. The zero-order valence-electron chi connectivity index (χ0n) is 12.8. The Labute approximate surface area is 127 Å². The van der Waals surface area contributed by atoms with Crippen LogP contribution < -0.4 is 4.90 Å². The van der Waals surface area contributed by atoms with Gasteiger partial charge >= 0.3 is 0 Å². The Morgan fingerprint density at radius 2 is 1.86 bits per heavy atom. The van der Waals surface area contributed by atoms with Crippen molar-refractivity contribution in [3.63, 3.8) is 0 Å². The van der Waals surface area contributed by atoms with Gasteiger partial charge in [-0.2, -0.15) is 0 Å². The van der Waals surface area contributed by atoms with Crippen LogP contribution >= 0.6 is 0 Å². The third-order valence-corrected chi connectivity index (χ3v) is 5.21. The van der Waals surface area contributed by atoms with E-state index < -0.39 is 0 Å². The van der Waals surface area contributed by atoms with Gasteiger partial charge < -0.3 is 10.0 Å². The number of hydrogen-bond acceptors (Lipinski definition) is 2. The Morgan fingerprint density at radius 3 is 2.48 bits per heavy atom. The third-order valence-electron chi connectivity index (χ3n) is 5.21. The minimum Gasteiger partial charge on any atom is -0.393 e. The summed E-state index contributed by atoms with van der Waals surface area (Å²) in [7, 11) is 0. The first-order valence-electron chi connectivity index (χ1n) is 8.23. The topological polar surface area (TPSA) is 40.5 Å². The standard InChI is InChI=1S/C18H25NO2/c1-2-3-14-4-6-15(7-5-14)19-13-12-18(17(19)21)10-8-16(20)9-11-18/h4-7,16,20H,2-3,8-13H2,1H3/t16-,18+. The summed E-state index contributed by atoms with van der Waals surface area (Å²) in [6.45, 7) is 3.00. The van der Waals surface area contributed by atoms with Gasteiger partial charge in [-0.1, -0.05) is 25.5 Å². The fourth-order valence-corrected chi connectivity index (χ4v) is 3.82. The molecule has 1 aliphatic heterocycles. The molecule has 0 radical (unpaired) electrons. The molecule has 1 aliphatic carbocycles. The van der Waals surface area contributed by atoms with Gasteiger partial charge in [-0.05, 0) is 56.2 Å². The molecule has 21 heavy (non-hydrogen) atoms. The maximum Gasteiger partial charge on any atom is 0.233 e. The lowest BCUT2D eigenvalue weighted by atomic mass is 9.72. The molecular formula is C18H25NO2. The summed E-state index contributed by atoms with van der Waals surface area (Å²) in [5.41, 5.74) is 2.17. The lowest BCUT2D eigenvalue weighted by Crippen LogP contribution is -2.38. The van der Waals surface area contributed by atoms with Crippen molar-refractivity contribution in [1.29, 1.82) is 0 Å². The zero-order chi connectivity index (χ0) is 14.9. The average molecular weight is 287 g/mol. The van der Waals surface area contributed by atoms with Crippen molar-refractivity contribution >= 4 is 11.6 Å². The zero-order valence-corrected chi connectivity index (χ0v) is 12.8. The summed E-state index contributed by atoms with van der Waals surface area (Å²) >= 11 is 0. The minimum absolute atomic E-state index is 0.193. The molecule has 0 atom stereocenters. The van der Waals surface area contributed by atoms with Crippen molar-refractivity contribution in [3.05, 3.63) is 29.8 Å². The molecule has 1 aromatic rings. The third kappa shape index (κ3) is 2.71. The van der Waals surface area contributed by atoms with Crippen LogP contribution in [0.4, 0.5) is 5.69 Å². The van der Waals surface area contributed by atoms with Crippen molar-refractivity contribution in [1.82, 2.24) is 0 Å². The van der Waals surface area contributed by atoms with Crippen LogP contribution in [0, 0.1) is 5.41 Å². The first-order valence-corrected chi connectivity index (χ1v) is 8.23. The number of nitrogens with zero attached hydrogens (tertiary/aromatic N) is 1. The number of hydrogen-bond donors (Lipinski definition) is 1. The van der Waals surface area contributed by atoms with E-state index in [2.05, 4.69) is 31.2 Å². The van der Waals surface area contributed by atoms with Gasteiger partial charge in [-0.3, -0.25) is 4.79 Å². The van der Waals surface area contributed by atoms with E-state index in [4.69, 9.17) is 0 Å². The number of carbonyl (C=O) groups is 1. The molecule has 1 saturated carbocycles. The SMILES string of the molecule is CCCc1ccc(N2CC[C@]3(CC[C@H](O)CC3)C2=O)cc1. The molecule has 1 N–H and O–H groups in total. The molecule has 1 heterocycles. The van der Waals surface area contributed by atoms with Crippen molar-refractivity contribution in [2.45, 2.75) is 58.0 Å². The molecule has 1 amide bonds. The summed E-state index contributed by atoms with van der Waals surface area (Å²) < 4.78 is 0. The lowest BCUT2D eigenvalue weighted by molar-refractivity contribution is -0.128. The second kappa shape index (κ2) is 5.80. The van der Waals surface area contributed by atoms with Gasteiger partial charge in [0.05, 0.1) is 11.5 Å². The fraction of sp³-hybridized carbons (Fsp3) is 0.611. The maximum atomic E-state index is 12.8. The van der Waals surface area contributed by atoms with Crippen molar-refractivity contribution in [2.75, 3.05) is 11.4 Å². The van der Waals surface area contributed by atoms with Crippen LogP contribution in [0.2, 0.25) is 0 Å². The highest BCUT2D eigenvalue weighted by molar-refractivity contribution is 5.99. The van der Waals surface area contributed by atoms with E-state index in [9.17, 15) is 9.90 Å². The van der Waals surface area contributed by atoms with Crippen LogP contribution in [0.5, 0.6) is 0 Å². The molecule has 3 heteroatoms. The van der Waals surface area contributed by atoms with Gasteiger partial charge in [0.1, 0.15) is 0 Å². The van der Waals surface area contributed by atoms with Crippen LogP contribution in [0.15, 0.2) is 24.3 Å². The number of anilines is 1. The highest BCUT2D eigenvalue weighted by Crippen LogP contribution is 2.45. The summed E-state index contributed by atoms with van der Waals surface area (Å²) in [6.07, 6.45) is 6.21. The maximum absolute atomic E-state index is 12.8. The monoisotopic (exact) mass is 287 g/mol. The summed E-state index contributed by atoms with van der Waals surface area (Å²) in [4.78, 5) is 14.8. The predicted octanol–water partition coefficient (Wildman–Crippen LogP) is 3.30. The molecule has 3 nitrogen and oxygen atoms in total. The number of amides is 1. The van der Waals surface area contributed by atoms with Gasteiger partial charge in [-0.25, -0.2) is 0 Å². The first-order chi connectivity index (χ1) is 10.1. The van der Waals surface area contributed by atoms with E-state index in [0.29, 0.717) is 0 Å². The van der Waals surface area contributed by atoms with E-state index in [1.54, 1.807) is 0 Å². The van der Waals surface area contributed by atoms with Gasteiger partial charge in [0, 0.05) is 12.2 Å². The Kier molecular flexibility index (Phi) is 4.03. The Bertz CT molecular complexity index is 500. The molecule has 0 bridgehead atoms. The van der Waals surface area contributed by atoms with Crippen molar-refractivity contribution in [2.24, 2.45) is 5.41 Å². The molecule has 1 saturated heterocycles. The lowest BCUT2D eigenvalue weighted by Gasteiger charge is -2.33. The van der Waals surface area contributed by atoms with Crippen LogP contribution in [-0.2, 0) is 11.2 Å². The van der Waals surface area contributed by atoms with E-state index in [1.807, 2.05) is 4.90 Å². The largest absolute Gasteiger partial charge is 0.393 e. The molecule has 0 unspecified atom stereocenters. The quantitative estimate of drug-likeness (QED) is 0.926. The van der Waals surface area contributed by atoms with Crippen molar-refractivity contribution in [3.8, 4) is 0 Å². The molecule has 2 aliphatic rings. The fourth-order valence-electron chi connectivity index (χ4n) is 3.82. The summed E-state index contributed by atoms with van der Waals surface area (Å²) in [5, 5.41) is 9.68. The average Bonchev–Trinajstić information content (AvgIpc) is 2.81. The number of carbonyl (C=O) groups excluding carboxylic acids is 1. The second-order valence-electron chi connectivity index (χ2n) is 6.63. The van der Waals surface area contributed by atoms with Crippen LogP contribution in [0.1, 0.15) is 51.0 Å². The van der Waals surface area contributed by atoms with Gasteiger partial charge in [0.15, 0.2) is 0 Å². The molecule has 1 aromatic carbocycles. The van der Waals surface area contributed by atoms with Gasteiger partial charge in [-0.15, -0.1) is 0 Å². The van der Waals surface area contributed by atoms with Crippen molar-refractivity contribution < 1.29 is 9.90 Å². The molecule has 0 aromatic heterocycles. The number of rotatable bonds is 3. The van der Waals surface area contributed by atoms with Crippen LogP contribution in [0.25, 0.3) is 0 Å². The van der Waals surface area contributed by atoms with E-state index in [-0.39, 0.29) is 17.4 Å². The van der Waals surface area contributed by atoms with E-state index in [1.165, 1.54) is 5.56 Å².